The highest BCUT2D eigenvalue weighted by Crippen LogP contribution is 2.24. The molecule has 2 aliphatic heterocycles. The van der Waals surface area contributed by atoms with E-state index in [1.54, 1.807) is 24.3 Å². The van der Waals surface area contributed by atoms with Crippen molar-refractivity contribution in [2.75, 3.05) is 13.2 Å². The first-order chi connectivity index (χ1) is 12.6. The number of imide groups is 1. The molecule has 2 aliphatic rings. The van der Waals surface area contributed by atoms with E-state index in [0.29, 0.717) is 24.0 Å². The summed E-state index contributed by atoms with van der Waals surface area (Å²) < 4.78 is 11.0. The van der Waals surface area contributed by atoms with Gasteiger partial charge in [0.05, 0.1) is 29.9 Å². The predicted octanol–water partition coefficient (Wildman–Crippen LogP) is 2.22. The number of carbonyl (C=O) groups is 3. The number of hydroxylamine groups is 2. The average molecular weight is 353 g/mol. The van der Waals surface area contributed by atoms with Gasteiger partial charge in [-0.1, -0.05) is 17.2 Å². The number of carbonyl (C=O) groups excluding carboxylic acids is 3. The molecule has 0 spiro atoms. The SMILES string of the molecule is O=C(ON1C(=O)c2ccccc2C1=O)c1ccc(OC2CCOC2)cc1. The molecule has 1 unspecified atom stereocenters. The van der Waals surface area contributed by atoms with E-state index in [9.17, 15) is 14.4 Å². The van der Waals surface area contributed by atoms with E-state index in [4.69, 9.17) is 14.3 Å². The Bertz CT molecular complexity index is 835. The van der Waals surface area contributed by atoms with Gasteiger partial charge in [-0.05, 0) is 36.4 Å². The maximum absolute atomic E-state index is 12.3. The maximum Gasteiger partial charge on any atom is 0.363 e. The van der Waals surface area contributed by atoms with Crippen molar-refractivity contribution in [1.82, 2.24) is 5.06 Å². The minimum atomic E-state index is -0.796. The zero-order chi connectivity index (χ0) is 18.1. The summed E-state index contributed by atoms with van der Waals surface area (Å²) in [6.07, 6.45) is 0.829. The Morgan fingerprint density at radius 2 is 1.65 bits per heavy atom. The second-order valence-corrected chi connectivity index (χ2v) is 5.96. The van der Waals surface area contributed by atoms with Crippen LogP contribution in [0.2, 0.25) is 0 Å². The number of nitrogens with zero attached hydrogens (tertiary/aromatic N) is 1. The van der Waals surface area contributed by atoms with Gasteiger partial charge in [-0.25, -0.2) is 4.79 Å². The molecule has 1 fully saturated rings. The maximum atomic E-state index is 12.3. The first kappa shape index (κ1) is 16.3. The zero-order valence-electron chi connectivity index (χ0n) is 13.7. The van der Waals surface area contributed by atoms with Gasteiger partial charge >= 0.3 is 5.97 Å². The van der Waals surface area contributed by atoms with Gasteiger partial charge in [-0.3, -0.25) is 9.59 Å². The van der Waals surface area contributed by atoms with Crippen LogP contribution in [-0.2, 0) is 9.57 Å². The van der Waals surface area contributed by atoms with Crippen molar-refractivity contribution in [1.29, 1.82) is 0 Å². The lowest BCUT2D eigenvalue weighted by Crippen LogP contribution is -2.32. The lowest BCUT2D eigenvalue weighted by atomic mass is 10.1. The fourth-order valence-corrected chi connectivity index (χ4v) is 2.85. The molecule has 0 aromatic heterocycles. The van der Waals surface area contributed by atoms with Crippen LogP contribution >= 0.6 is 0 Å². The molecule has 0 saturated carbocycles. The Labute approximate surface area is 149 Å². The quantitative estimate of drug-likeness (QED) is 0.784. The van der Waals surface area contributed by atoms with Crippen molar-refractivity contribution in [2.45, 2.75) is 12.5 Å². The lowest BCUT2D eigenvalue weighted by molar-refractivity contribution is -0.0584. The second-order valence-electron chi connectivity index (χ2n) is 5.96. The van der Waals surface area contributed by atoms with Crippen LogP contribution < -0.4 is 4.74 Å². The molecule has 4 rings (SSSR count). The van der Waals surface area contributed by atoms with Gasteiger partial charge < -0.3 is 14.3 Å². The largest absolute Gasteiger partial charge is 0.488 e. The number of benzene rings is 2. The predicted molar refractivity (Wildman–Crippen MR) is 88.7 cm³/mol. The van der Waals surface area contributed by atoms with Crippen molar-refractivity contribution in [3.05, 3.63) is 65.2 Å². The number of rotatable bonds is 4. The van der Waals surface area contributed by atoms with Gasteiger partial charge in [0.15, 0.2) is 0 Å². The van der Waals surface area contributed by atoms with Crippen molar-refractivity contribution < 1.29 is 28.7 Å². The van der Waals surface area contributed by atoms with Gasteiger partial charge in [-0.2, -0.15) is 0 Å². The van der Waals surface area contributed by atoms with Crippen LogP contribution in [0.25, 0.3) is 0 Å². The summed E-state index contributed by atoms with van der Waals surface area (Å²) in [5.41, 5.74) is 0.636. The fourth-order valence-electron chi connectivity index (χ4n) is 2.85. The van der Waals surface area contributed by atoms with E-state index < -0.39 is 17.8 Å². The summed E-state index contributed by atoms with van der Waals surface area (Å²) in [5, 5.41) is 0.493. The van der Waals surface area contributed by atoms with Gasteiger partial charge in [0.1, 0.15) is 11.9 Å². The molecule has 2 aromatic rings. The summed E-state index contributed by atoms with van der Waals surface area (Å²) in [5.74, 6) is -1.49. The molecule has 0 aliphatic carbocycles. The van der Waals surface area contributed by atoms with Crippen LogP contribution in [-0.4, -0.2) is 42.2 Å². The monoisotopic (exact) mass is 353 g/mol. The Morgan fingerprint density at radius 1 is 1.00 bits per heavy atom. The summed E-state index contributed by atoms with van der Waals surface area (Å²) in [4.78, 5) is 41.7. The molecular weight excluding hydrogens is 338 g/mol. The zero-order valence-corrected chi connectivity index (χ0v) is 13.7. The van der Waals surface area contributed by atoms with Crippen LogP contribution in [0.3, 0.4) is 0 Å². The van der Waals surface area contributed by atoms with Gasteiger partial charge in [0.25, 0.3) is 11.8 Å². The molecule has 7 heteroatoms. The lowest BCUT2D eigenvalue weighted by Gasteiger charge is -2.14. The first-order valence-electron chi connectivity index (χ1n) is 8.18. The molecule has 132 valence electrons. The van der Waals surface area contributed by atoms with E-state index >= 15 is 0 Å². The smallest absolute Gasteiger partial charge is 0.363 e. The summed E-state index contributed by atoms with van der Waals surface area (Å²) in [7, 11) is 0. The minimum Gasteiger partial charge on any atom is -0.488 e. The van der Waals surface area contributed by atoms with Crippen molar-refractivity contribution in [2.24, 2.45) is 0 Å². The molecule has 26 heavy (non-hydrogen) atoms. The Hall–Kier alpha value is -3.19. The van der Waals surface area contributed by atoms with Crippen LogP contribution in [0.15, 0.2) is 48.5 Å². The molecular formula is C19H15NO6. The van der Waals surface area contributed by atoms with Crippen LogP contribution in [0.5, 0.6) is 5.75 Å². The molecule has 1 saturated heterocycles. The second kappa shape index (κ2) is 6.61. The van der Waals surface area contributed by atoms with Crippen LogP contribution in [0.4, 0.5) is 0 Å². The third kappa shape index (κ3) is 2.93. The van der Waals surface area contributed by atoms with Gasteiger partial charge in [0.2, 0.25) is 0 Å². The van der Waals surface area contributed by atoms with Crippen molar-refractivity contribution in [3.8, 4) is 5.75 Å². The summed E-state index contributed by atoms with van der Waals surface area (Å²) >= 11 is 0. The number of fused-ring (bicyclic) bond motifs is 1. The van der Waals surface area contributed by atoms with Gasteiger partial charge in [0, 0.05) is 6.42 Å². The molecule has 2 amide bonds. The van der Waals surface area contributed by atoms with E-state index in [1.165, 1.54) is 24.3 Å². The normalized spacial score (nSPS) is 18.8. The van der Waals surface area contributed by atoms with Crippen molar-refractivity contribution in [3.63, 3.8) is 0 Å². The molecule has 2 heterocycles. The summed E-state index contributed by atoms with van der Waals surface area (Å²) in [6, 6.07) is 12.6. The highest BCUT2D eigenvalue weighted by atomic mass is 16.7. The van der Waals surface area contributed by atoms with E-state index in [2.05, 4.69) is 0 Å². The Kier molecular flexibility index (Phi) is 4.14. The first-order valence-corrected chi connectivity index (χ1v) is 8.18. The van der Waals surface area contributed by atoms with E-state index in [-0.39, 0.29) is 22.8 Å². The fraction of sp³-hybridized carbons (Fsp3) is 0.211. The third-order valence-electron chi connectivity index (χ3n) is 4.21. The van der Waals surface area contributed by atoms with E-state index in [0.717, 1.165) is 6.42 Å². The van der Waals surface area contributed by atoms with Gasteiger partial charge in [-0.15, -0.1) is 0 Å². The molecule has 2 aromatic carbocycles. The minimum absolute atomic E-state index is 0.00569. The number of hydrogen-bond acceptors (Lipinski definition) is 6. The highest BCUT2D eigenvalue weighted by Gasteiger charge is 2.38. The third-order valence-corrected chi connectivity index (χ3v) is 4.21. The molecule has 7 nitrogen and oxygen atoms in total. The van der Waals surface area contributed by atoms with E-state index in [1.807, 2.05) is 0 Å². The van der Waals surface area contributed by atoms with Crippen LogP contribution in [0, 0.1) is 0 Å². The highest BCUT2D eigenvalue weighted by molar-refractivity contribution is 6.21. The Balaban J connectivity index is 1.44. The van der Waals surface area contributed by atoms with Crippen molar-refractivity contribution >= 4 is 17.8 Å². The topological polar surface area (TPSA) is 82.1 Å². The standard InChI is InChI=1S/C19H15NO6/c21-17-15-3-1-2-4-16(15)18(22)20(17)26-19(23)12-5-7-13(8-6-12)25-14-9-10-24-11-14/h1-8,14H,9-11H2. The molecule has 0 bridgehead atoms. The summed E-state index contributed by atoms with van der Waals surface area (Å²) in [6.45, 7) is 1.22. The average Bonchev–Trinajstić information content (AvgIpc) is 3.25. The number of amides is 2. The van der Waals surface area contributed by atoms with Crippen LogP contribution in [0.1, 0.15) is 37.5 Å². The molecule has 0 radical (unpaired) electrons. The molecule has 0 N–H and O–H groups in total. The molecule has 1 atom stereocenters. The Morgan fingerprint density at radius 3 is 2.23 bits per heavy atom. The number of hydrogen-bond donors (Lipinski definition) is 0. The number of ether oxygens (including phenoxy) is 2.